The van der Waals surface area contributed by atoms with E-state index in [0.29, 0.717) is 19.1 Å². The van der Waals surface area contributed by atoms with Crippen LogP contribution in [0.25, 0.3) is 0 Å². The van der Waals surface area contributed by atoms with Crippen LogP contribution in [0.3, 0.4) is 0 Å². The molecule has 0 spiro atoms. The zero-order valence-electron chi connectivity index (χ0n) is 13.5. The average molecular weight is 313 g/mol. The average Bonchev–Trinajstić information content (AvgIpc) is 2.63. The molecule has 0 aliphatic carbocycles. The van der Waals surface area contributed by atoms with Crippen LogP contribution in [-0.4, -0.2) is 56.4 Å². The summed E-state index contributed by atoms with van der Waals surface area (Å²) in [5.74, 6) is 1.64. The summed E-state index contributed by atoms with van der Waals surface area (Å²) in [6.07, 6.45) is 1.81. The number of piperazine rings is 1. The number of hydrogen-bond donors (Lipinski definition) is 1. The molecule has 0 bridgehead atoms. The van der Waals surface area contributed by atoms with Gasteiger partial charge >= 0.3 is 0 Å². The quantitative estimate of drug-likeness (QED) is 0.822. The highest BCUT2D eigenvalue weighted by atomic mass is 16.5. The van der Waals surface area contributed by atoms with Crippen molar-refractivity contribution in [2.24, 2.45) is 0 Å². The molecule has 0 atom stereocenters. The van der Waals surface area contributed by atoms with Crippen molar-refractivity contribution in [3.8, 4) is 0 Å². The molecule has 1 aliphatic heterocycles. The van der Waals surface area contributed by atoms with E-state index in [9.17, 15) is 0 Å². The fourth-order valence-electron chi connectivity index (χ4n) is 2.71. The van der Waals surface area contributed by atoms with Gasteiger partial charge in [0.1, 0.15) is 5.82 Å². The summed E-state index contributed by atoms with van der Waals surface area (Å²) >= 11 is 0. The summed E-state index contributed by atoms with van der Waals surface area (Å²) in [5, 5.41) is 3.18. The van der Waals surface area contributed by atoms with Crippen LogP contribution in [0.4, 0.5) is 17.5 Å². The van der Waals surface area contributed by atoms with E-state index in [4.69, 9.17) is 4.74 Å². The van der Waals surface area contributed by atoms with E-state index in [1.54, 1.807) is 13.3 Å². The second-order valence-electron chi connectivity index (χ2n) is 5.47. The van der Waals surface area contributed by atoms with Crippen molar-refractivity contribution in [3.05, 3.63) is 42.6 Å². The second kappa shape index (κ2) is 7.78. The van der Waals surface area contributed by atoms with Gasteiger partial charge in [-0.15, -0.1) is 0 Å². The van der Waals surface area contributed by atoms with Crippen molar-refractivity contribution in [2.75, 3.05) is 61.6 Å². The Balaban J connectivity index is 1.58. The van der Waals surface area contributed by atoms with Gasteiger partial charge in [-0.25, -0.2) is 4.98 Å². The Morgan fingerprint density at radius 2 is 1.78 bits per heavy atom. The van der Waals surface area contributed by atoms with Crippen LogP contribution >= 0.6 is 0 Å². The molecule has 1 aromatic carbocycles. The number of hydrogen-bond acceptors (Lipinski definition) is 6. The van der Waals surface area contributed by atoms with Crippen molar-refractivity contribution < 1.29 is 4.74 Å². The zero-order valence-corrected chi connectivity index (χ0v) is 13.5. The van der Waals surface area contributed by atoms with Gasteiger partial charge in [0.25, 0.3) is 0 Å². The van der Waals surface area contributed by atoms with Gasteiger partial charge in [-0.3, -0.25) is 0 Å². The second-order valence-corrected chi connectivity index (χ2v) is 5.47. The van der Waals surface area contributed by atoms with Crippen molar-refractivity contribution in [1.82, 2.24) is 9.97 Å². The number of anilines is 3. The molecular weight excluding hydrogens is 290 g/mol. The number of methoxy groups -OCH3 is 1. The minimum atomic E-state index is 0.642. The minimum absolute atomic E-state index is 0.642. The molecule has 1 aliphatic rings. The number of nitrogens with zero attached hydrogens (tertiary/aromatic N) is 4. The number of benzene rings is 1. The van der Waals surface area contributed by atoms with Gasteiger partial charge in [-0.1, -0.05) is 18.2 Å². The van der Waals surface area contributed by atoms with Gasteiger partial charge < -0.3 is 19.9 Å². The first-order valence-corrected chi connectivity index (χ1v) is 7.97. The summed E-state index contributed by atoms with van der Waals surface area (Å²) in [6, 6.07) is 12.5. The number of rotatable bonds is 6. The summed E-state index contributed by atoms with van der Waals surface area (Å²) in [4.78, 5) is 13.6. The largest absolute Gasteiger partial charge is 0.383 e. The van der Waals surface area contributed by atoms with Crippen LogP contribution < -0.4 is 15.1 Å². The fraction of sp³-hybridized carbons (Fsp3) is 0.412. The first-order valence-electron chi connectivity index (χ1n) is 7.97. The van der Waals surface area contributed by atoms with Gasteiger partial charge in [-0.05, 0) is 18.2 Å². The lowest BCUT2D eigenvalue weighted by Gasteiger charge is -2.36. The lowest BCUT2D eigenvalue weighted by Crippen LogP contribution is -2.46. The molecule has 1 fully saturated rings. The van der Waals surface area contributed by atoms with E-state index < -0.39 is 0 Å². The molecule has 1 aromatic heterocycles. The maximum atomic E-state index is 5.03. The molecule has 122 valence electrons. The standard InChI is InChI=1S/C17H23N5O/c1-23-14-9-19-17-18-8-7-16(20-17)22-12-10-21(11-13-22)15-5-3-2-4-6-15/h2-8H,9-14H2,1H3,(H,18,19,20). The van der Waals surface area contributed by atoms with Gasteiger partial charge in [0, 0.05) is 51.7 Å². The Morgan fingerprint density at radius 3 is 2.52 bits per heavy atom. The molecular formula is C17H23N5O. The third-order valence-electron chi connectivity index (χ3n) is 3.96. The molecule has 2 aromatic rings. The Hall–Kier alpha value is -2.34. The molecule has 0 saturated carbocycles. The monoisotopic (exact) mass is 313 g/mol. The summed E-state index contributed by atoms with van der Waals surface area (Å²) in [7, 11) is 1.69. The van der Waals surface area contributed by atoms with Crippen LogP contribution in [0.15, 0.2) is 42.6 Å². The smallest absolute Gasteiger partial charge is 0.224 e. The van der Waals surface area contributed by atoms with Gasteiger partial charge in [0.15, 0.2) is 0 Å². The van der Waals surface area contributed by atoms with Crippen LogP contribution in [-0.2, 0) is 4.74 Å². The first kappa shape index (κ1) is 15.6. The lowest BCUT2D eigenvalue weighted by molar-refractivity contribution is 0.210. The van der Waals surface area contributed by atoms with Crippen molar-refractivity contribution in [2.45, 2.75) is 0 Å². The van der Waals surface area contributed by atoms with E-state index in [1.807, 2.05) is 6.07 Å². The molecule has 6 heteroatoms. The molecule has 0 unspecified atom stereocenters. The van der Waals surface area contributed by atoms with E-state index in [1.165, 1.54) is 5.69 Å². The maximum absolute atomic E-state index is 5.03. The Bertz CT molecular complexity index is 599. The number of nitrogens with one attached hydrogen (secondary N) is 1. The normalized spacial score (nSPS) is 14.8. The third kappa shape index (κ3) is 4.10. The van der Waals surface area contributed by atoms with Crippen LogP contribution in [0.2, 0.25) is 0 Å². The van der Waals surface area contributed by atoms with Crippen molar-refractivity contribution in [3.63, 3.8) is 0 Å². The minimum Gasteiger partial charge on any atom is -0.383 e. The van der Waals surface area contributed by atoms with E-state index in [0.717, 1.165) is 32.0 Å². The Kier molecular flexibility index (Phi) is 5.26. The molecule has 2 heterocycles. The van der Waals surface area contributed by atoms with Crippen molar-refractivity contribution >= 4 is 17.5 Å². The van der Waals surface area contributed by atoms with Crippen LogP contribution in [0.1, 0.15) is 0 Å². The van der Waals surface area contributed by atoms with Gasteiger partial charge in [-0.2, -0.15) is 4.98 Å². The van der Waals surface area contributed by atoms with E-state index in [2.05, 4.69) is 55.4 Å². The van der Waals surface area contributed by atoms with Crippen molar-refractivity contribution in [1.29, 1.82) is 0 Å². The fourth-order valence-corrected chi connectivity index (χ4v) is 2.71. The molecule has 6 nitrogen and oxygen atoms in total. The summed E-state index contributed by atoms with van der Waals surface area (Å²) in [5.41, 5.74) is 1.29. The maximum Gasteiger partial charge on any atom is 0.224 e. The molecule has 1 N–H and O–H groups in total. The van der Waals surface area contributed by atoms with Crippen LogP contribution in [0.5, 0.6) is 0 Å². The molecule has 0 radical (unpaired) electrons. The number of ether oxygens (including phenoxy) is 1. The SMILES string of the molecule is COCCNc1nccc(N2CCN(c3ccccc3)CC2)n1. The third-order valence-corrected chi connectivity index (χ3v) is 3.96. The molecule has 23 heavy (non-hydrogen) atoms. The predicted molar refractivity (Wildman–Crippen MR) is 93.3 cm³/mol. The topological polar surface area (TPSA) is 53.5 Å². The summed E-state index contributed by atoms with van der Waals surface area (Å²) < 4.78 is 5.03. The highest BCUT2D eigenvalue weighted by Crippen LogP contribution is 2.19. The van der Waals surface area contributed by atoms with Gasteiger partial charge in [0.05, 0.1) is 6.61 Å². The molecule has 0 amide bonds. The van der Waals surface area contributed by atoms with Crippen LogP contribution in [0, 0.1) is 0 Å². The zero-order chi connectivity index (χ0) is 15.9. The Morgan fingerprint density at radius 1 is 1.04 bits per heavy atom. The number of para-hydroxylation sites is 1. The summed E-state index contributed by atoms with van der Waals surface area (Å²) in [6.45, 7) is 5.28. The molecule has 1 saturated heterocycles. The highest BCUT2D eigenvalue weighted by Gasteiger charge is 2.18. The highest BCUT2D eigenvalue weighted by molar-refractivity contribution is 5.49. The predicted octanol–water partition coefficient (Wildman–Crippen LogP) is 1.86. The molecule has 3 rings (SSSR count). The lowest BCUT2D eigenvalue weighted by atomic mass is 10.2. The van der Waals surface area contributed by atoms with E-state index >= 15 is 0 Å². The first-order chi connectivity index (χ1) is 11.4. The van der Waals surface area contributed by atoms with E-state index in [-0.39, 0.29) is 0 Å². The number of aromatic nitrogens is 2. The van der Waals surface area contributed by atoms with Gasteiger partial charge in [0.2, 0.25) is 5.95 Å². The Labute approximate surface area is 137 Å².